The zero-order valence-electron chi connectivity index (χ0n) is 11.0. The molecule has 19 heavy (non-hydrogen) atoms. The summed E-state index contributed by atoms with van der Waals surface area (Å²) < 4.78 is 18.7. The van der Waals surface area contributed by atoms with Gasteiger partial charge in [-0.1, -0.05) is 13.0 Å². The highest BCUT2D eigenvalue weighted by Gasteiger charge is 2.46. The van der Waals surface area contributed by atoms with E-state index in [1.807, 2.05) is 4.90 Å². The van der Waals surface area contributed by atoms with E-state index in [-0.39, 0.29) is 23.9 Å². The molecule has 0 bridgehead atoms. The second-order valence-electron chi connectivity index (χ2n) is 5.26. The van der Waals surface area contributed by atoms with Crippen molar-refractivity contribution in [2.45, 2.75) is 25.6 Å². The largest absolute Gasteiger partial charge is 0.494 e. The fourth-order valence-electron chi connectivity index (χ4n) is 2.72. The predicted molar refractivity (Wildman–Crippen MR) is 68.1 cm³/mol. The second kappa shape index (κ2) is 4.49. The molecule has 1 amide bonds. The van der Waals surface area contributed by atoms with Gasteiger partial charge in [-0.05, 0) is 30.0 Å². The van der Waals surface area contributed by atoms with E-state index in [9.17, 15) is 9.18 Å². The first kappa shape index (κ1) is 12.4. The summed E-state index contributed by atoms with van der Waals surface area (Å²) in [5, 5.41) is 3.15. The molecule has 102 valence electrons. The van der Waals surface area contributed by atoms with Crippen LogP contribution in [0.4, 0.5) is 4.39 Å². The Balaban J connectivity index is 1.88. The SMILES string of the molecule is COc1ccc(C2NCC(=O)N2C2CC2C)cc1F. The topological polar surface area (TPSA) is 41.6 Å². The van der Waals surface area contributed by atoms with Gasteiger partial charge in [0.2, 0.25) is 5.91 Å². The van der Waals surface area contributed by atoms with Crippen molar-refractivity contribution in [1.29, 1.82) is 0 Å². The Hall–Kier alpha value is -1.62. The van der Waals surface area contributed by atoms with Gasteiger partial charge in [0.15, 0.2) is 11.6 Å². The van der Waals surface area contributed by atoms with Crippen LogP contribution in [0.5, 0.6) is 5.75 Å². The van der Waals surface area contributed by atoms with Gasteiger partial charge < -0.3 is 9.64 Å². The molecule has 0 spiro atoms. The lowest BCUT2D eigenvalue weighted by Crippen LogP contribution is -2.33. The van der Waals surface area contributed by atoms with Crippen LogP contribution >= 0.6 is 0 Å². The molecule has 1 saturated carbocycles. The van der Waals surface area contributed by atoms with Crippen molar-refractivity contribution < 1.29 is 13.9 Å². The summed E-state index contributed by atoms with van der Waals surface area (Å²) in [4.78, 5) is 13.8. The number of halogens is 1. The molecular weight excluding hydrogens is 247 g/mol. The monoisotopic (exact) mass is 264 g/mol. The van der Waals surface area contributed by atoms with Crippen molar-refractivity contribution in [2.24, 2.45) is 5.92 Å². The Bertz CT molecular complexity index is 520. The van der Waals surface area contributed by atoms with Gasteiger partial charge in [0.05, 0.1) is 13.7 Å². The Kier molecular flexibility index (Phi) is 2.93. The zero-order chi connectivity index (χ0) is 13.6. The van der Waals surface area contributed by atoms with Gasteiger partial charge in [-0.2, -0.15) is 0 Å². The van der Waals surface area contributed by atoms with Gasteiger partial charge in [-0.15, -0.1) is 0 Å². The lowest BCUT2D eigenvalue weighted by Gasteiger charge is -2.25. The molecule has 1 N–H and O–H groups in total. The highest BCUT2D eigenvalue weighted by molar-refractivity contribution is 5.81. The summed E-state index contributed by atoms with van der Waals surface area (Å²) in [7, 11) is 1.44. The first-order valence-corrected chi connectivity index (χ1v) is 6.50. The molecule has 1 aromatic rings. The van der Waals surface area contributed by atoms with Crippen molar-refractivity contribution in [3.8, 4) is 5.75 Å². The van der Waals surface area contributed by atoms with Gasteiger partial charge in [0.1, 0.15) is 6.17 Å². The van der Waals surface area contributed by atoms with E-state index in [4.69, 9.17) is 4.74 Å². The van der Waals surface area contributed by atoms with Gasteiger partial charge in [0, 0.05) is 6.04 Å². The number of benzene rings is 1. The maximum Gasteiger partial charge on any atom is 0.238 e. The van der Waals surface area contributed by atoms with Crippen LogP contribution in [0.2, 0.25) is 0 Å². The summed E-state index contributed by atoms with van der Waals surface area (Å²) in [5.41, 5.74) is 0.767. The van der Waals surface area contributed by atoms with Crippen LogP contribution in [0.1, 0.15) is 25.1 Å². The summed E-state index contributed by atoms with van der Waals surface area (Å²) in [6.45, 7) is 2.45. The highest BCUT2D eigenvalue weighted by atomic mass is 19.1. The van der Waals surface area contributed by atoms with E-state index >= 15 is 0 Å². The molecule has 0 radical (unpaired) electrons. The van der Waals surface area contributed by atoms with E-state index in [1.165, 1.54) is 13.2 Å². The minimum atomic E-state index is -0.398. The van der Waals surface area contributed by atoms with Gasteiger partial charge >= 0.3 is 0 Å². The van der Waals surface area contributed by atoms with E-state index in [2.05, 4.69) is 12.2 Å². The number of nitrogens with one attached hydrogen (secondary N) is 1. The number of carbonyl (C=O) groups excluding carboxylic acids is 1. The number of nitrogens with zero attached hydrogens (tertiary/aromatic N) is 1. The smallest absolute Gasteiger partial charge is 0.238 e. The average molecular weight is 264 g/mol. The van der Waals surface area contributed by atoms with Gasteiger partial charge in [-0.3, -0.25) is 10.1 Å². The molecule has 1 heterocycles. The summed E-state index contributed by atoms with van der Waals surface area (Å²) in [5.74, 6) is 0.453. The minimum Gasteiger partial charge on any atom is -0.494 e. The van der Waals surface area contributed by atoms with Crippen molar-refractivity contribution in [2.75, 3.05) is 13.7 Å². The Morgan fingerprint density at radius 3 is 2.79 bits per heavy atom. The van der Waals surface area contributed by atoms with E-state index in [1.54, 1.807) is 12.1 Å². The highest BCUT2D eigenvalue weighted by Crippen LogP contribution is 2.41. The third-order valence-corrected chi connectivity index (χ3v) is 3.93. The molecule has 2 fully saturated rings. The minimum absolute atomic E-state index is 0.0931. The lowest BCUT2D eigenvalue weighted by molar-refractivity contribution is -0.128. The van der Waals surface area contributed by atoms with Crippen LogP contribution in [0, 0.1) is 11.7 Å². The molecule has 1 aliphatic heterocycles. The third kappa shape index (κ3) is 2.08. The Morgan fingerprint density at radius 2 is 2.21 bits per heavy atom. The Labute approximate surface area is 111 Å². The first-order valence-electron chi connectivity index (χ1n) is 6.50. The molecular formula is C14H17FN2O2. The molecule has 1 aliphatic carbocycles. The fraction of sp³-hybridized carbons (Fsp3) is 0.500. The average Bonchev–Trinajstić information content (AvgIpc) is 2.97. The number of amides is 1. The number of ether oxygens (including phenoxy) is 1. The number of hydrogen-bond donors (Lipinski definition) is 1. The first-order chi connectivity index (χ1) is 9.11. The third-order valence-electron chi connectivity index (χ3n) is 3.93. The van der Waals surface area contributed by atoms with Crippen LogP contribution in [-0.4, -0.2) is 30.5 Å². The molecule has 1 aromatic carbocycles. The van der Waals surface area contributed by atoms with Crippen molar-refractivity contribution >= 4 is 5.91 Å². The number of rotatable bonds is 3. The van der Waals surface area contributed by atoms with Crippen LogP contribution < -0.4 is 10.1 Å². The summed E-state index contributed by atoms with van der Waals surface area (Å²) >= 11 is 0. The number of methoxy groups -OCH3 is 1. The molecule has 1 saturated heterocycles. The van der Waals surface area contributed by atoms with Crippen LogP contribution in [0.25, 0.3) is 0 Å². The maximum absolute atomic E-state index is 13.8. The molecule has 3 unspecified atom stereocenters. The van der Waals surface area contributed by atoms with Crippen molar-refractivity contribution in [3.05, 3.63) is 29.6 Å². The van der Waals surface area contributed by atoms with E-state index in [0.717, 1.165) is 12.0 Å². The lowest BCUT2D eigenvalue weighted by atomic mass is 10.1. The molecule has 0 aromatic heterocycles. The quantitative estimate of drug-likeness (QED) is 0.903. The predicted octanol–water partition coefficient (Wildman–Crippen LogP) is 1.67. The second-order valence-corrected chi connectivity index (χ2v) is 5.26. The van der Waals surface area contributed by atoms with E-state index in [0.29, 0.717) is 12.5 Å². The zero-order valence-corrected chi connectivity index (χ0v) is 11.0. The fourth-order valence-corrected chi connectivity index (χ4v) is 2.72. The standard InChI is InChI=1S/C14H17FN2O2/c1-8-5-11(8)17-13(18)7-16-14(17)9-3-4-12(19-2)10(15)6-9/h3-4,6,8,11,14,16H,5,7H2,1-2H3. The maximum atomic E-state index is 13.8. The molecule has 5 heteroatoms. The molecule has 2 aliphatic rings. The number of hydrogen-bond acceptors (Lipinski definition) is 3. The summed E-state index contributed by atoms with van der Waals surface area (Å²) in [6.07, 6.45) is 0.811. The molecule has 4 nitrogen and oxygen atoms in total. The van der Waals surface area contributed by atoms with Gasteiger partial charge in [0.25, 0.3) is 0 Å². The molecule has 3 atom stereocenters. The molecule has 3 rings (SSSR count). The van der Waals surface area contributed by atoms with Crippen LogP contribution in [0.15, 0.2) is 18.2 Å². The van der Waals surface area contributed by atoms with Gasteiger partial charge in [-0.25, -0.2) is 4.39 Å². The number of carbonyl (C=O) groups is 1. The van der Waals surface area contributed by atoms with Crippen molar-refractivity contribution in [1.82, 2.24) is 10.2 Å². The normalized spacial score (nSPS) is 29.7. The van der Waals surface area contributed by atoms with Crippen molar-refractivity contribution in [3.63, 3.8) is 0 Å². The van der Waals surface area contributed by atoms with Crippen LogP contribution in [-0.2, 0) is 4.79 Å². The van der Waals surface area contributed by atoms with E-state index < -0.39 is 5.82 Å². The Morgan fingerprint density at radius 1 is 1.47 bits per heavy atom. The summed E-state index contributed by atoms with van der Waals surface area (Å²) in [6, 6.07) is 5.13. The van der Waals surface area contributed by atoms with Crippen LogP contribution in [0.3, 0.4) is 0 Å².